The summed E-state index contributed by atoms with van der Waals surface area (Å²) in [7, 11) is 5.10. The summed E-state index contributed by atoms with van der Waals surface area (Å²) >= 11 is 0. The van der Waals surface area contributed by atoms with Gasteiger partial charge in [0.15, 0.2) is 0 Å². The van der Waals surface area contributed by atoms with Gasteiger partial charge in [-0.2, -0.15) is 0 Å². The molecule has 0 saturated heterocycles. The van der Waals surface area contributed by atoms with Crippen molar-refractivity contribution in [3.63, 3.8) is 0 Å². The molecule has 0 atom stereocenters. The number of methoxy groups -OCH3 is 2. The highest BCUT2D eigenvalue weighted by atomic mass is 16.5. The molecule has 1 N–H and O–H groups in total. The van der Waals surface area contributed by atoms with E-state index in [-0.39, 0.29) is 5.91 Å². The van der Waals surface area contributed by atoms with Crippen LogP contribution in [0.5, 0.6) is 11.5 Å². The van der Waals surface area contributed by atoms with Crippen LogP contribution in [-0.2, 0) is 7.05 Å². The Bertz CT molecular complexity index is 1160. The first-order valence-electron chi connectivity index (χ1n) is 9.15. The van der Waals surface area contributed by atoms with Crippen LogP contribution in [0, 0.1) is 0 Å². The number of fused-ring (bicyclic) bond motifs is 1. The molecule has 6 nitrogen and oxygen atoms in total. The number of benzene rings is 3. The number of para-hydroxylation sites is 2. The first-order valence-corrected chi connectivity index (χ1v) is 9.15. The fourth-order valence-electron chi connectivity index (χ4n) is 3.25. The molecular weight excluding hydrogens is 366 g/mol. The number of aryl methyl sites for hydroxylation is 1. The van der Waals surface area contributed by atoms with Crippen LogP contribution >= 0.6 is 0 Å². The quantitative estimate of drug-likeness (QED) is 0.547. The van der Waals surface area contributed by atoms with E-state index >= 15 is 0 Å². The SMILES string of the molecule is COc1cc(OC)cc(C(=O)Nc2ccc(-c3nc4ccccc4n3C)cc2)c1. The van der Waals surface area contributed by atoms with Crippen LogP contribution in [0.1, 0.15) is 10.4 Å². The van der Waals surface area contributed by atoms with Gasteiger partial charge in [-0.25, -0.2) is 4.98 Å². The Balaban J connectivity index is 1.57. The van der Waals surface area contributed by atoms with Gasteiger partial charge in [-0.3, -0.25) is 4.79 Å². The fraction of sp³-hybridized carbons (Fsp3) is 0.130. The number of amides is 1. The molecule has 0 aliphatic carbocycles. The molecule has 0 bridgehead atoms. The second-order valence-electron chi connectivity index (χ2n) is 6.62. The van der Waals surface area contributed by atoms with E-state index in [1.807, 2.05) is 55.6 Å². The number of carbonyl (C=O) groups excluding carboxylic acids is 1. The molecule has 0 radical (unpaired) electrons. The highest BCUT2D eigenvalue weighted by molar-refractivity contribution is 6.04. The Kier molecular flexibility index (Phi) is 4.91. The van der Waals surface area contributed by atoms with E-state index in [1.165, 1.54) is 0 Å². The van der Waals surface area contributed by atoms with Crippen LogP contribution in [0.4, 0.5) is 5.69 Å². The number of hydrogen-bond donors (Lipinski definition) is 1. The van der Waals surface area contributed by atoms with Gasteiger partial charge in [0.05, 0.1) is 25.3 Å². The van der Waals surface area contributed by atoms with E-state index in [1.54, 1.807) is 32.4 Å². The number of nitrogens with one attached hydrogen (secondary N) is 1. The van der Waals surface area contributed by atoms with Gasteiger partial charge in [0.2, 0.25) is 0 Å². The normalized spacial score (nSPS) is 10.7. The monoisotopic (exact) mass is 387 g/mol. The molecule has 146 valence electrons. The third kappa shape index (κ3) is 3.65. The van der Waals surface area contributed by atoms with Gasteiger partial charge in [-0.05, 0) is 48.5 Å². The van der Waals surface area contributed by atoms with Crippen LogP contribution in [-0.4, -0.2) is 29.7 Å². The lowest BCUT2D eigenvalue weighted by Gasteiger charge is -2.10. The number of aromatic nitrogens is 2. The molecule has 0 aliphatic heterocycles. The molecule has 6 heteroatoms. The van der Waals surface area contributed by atoms with Crippen molar-refractivity contribution in [1.29, 1.82) is 0 Å². The summed E-state index contributed by atoms with van der Waals surface area (Å²) in [5, 5.41) is 2.90. The van der Waals surface area contributed by atoms with Crippen LogP contribution in [0.25, 0.3) is 22.4 Å². The third-order valence-corrected chi connectivity index (χ3v) is 4.80. The van der Waals surface area contributed by atoms with Crippen molar-refractivity contribution in [3.05, 3.63) is 72.3 Å². The maximum Gasteiger partial charge on any atom is 0.255 e. The lowest BCUT2D eigenvalue weighted by atomic mass is 10.1. The summed E-state index contributed by atoms with van der Waals surface area (Å²) in [6.45, 7) is 0. The fourth-order valence-corrected chi connectivity index (χ4v) is 3.25. The maximum absolute atomic E-state index is 12.6. The van der Waals surface area contributed by atoms with E-state index < -0.39 is 0 Å². The predicted octanol–water partition coefficient (Wildman–Crippen LogP) is 4.51. The Morgan fingerprint density at radius 1 is 0.931 bits per heavy atom. The van der Waals surface area contributed by atoms with Gasteiger partial charge in [-0.1, -0.05) is 12.1 Å². The Morgan fingerprint density at radius 2 is 1.59 bits per heavy atom. The molecule has 3 aromatic carbocycles. The molecule has 4 aromatic rings. The van der Waals surface area contributed by atoms with Gasteiger partial charge >= 0.3 is 0 Å². The van der Waals surface area contributed by atoms with E-state index in [9.17, 15) is 4.79 Å². The molecule has 0 saturated carbocycles. The Morgan fingerprint density at radius 3 is 2.21 bits per heavy atom. The van der Waals surface area contributed by atoms with Crippen molar-refractivity contribution < 1.29 is 14.3 Å². The van der Waals surface area contributed by atoms with Gasteiger partial charge < -0.3 is 19.4 Å². The molecule has 4 rings (SSSR count). The number of hydrogen-bond acceptors (Lipinski definition) is 4. The molecule has 1 amide bonds. The first-order chi connectivity index (χ1) is 14.1. The lowest BCUT2D eigenvalue weighted by Crippen LogP contribution is -2.12. The van der Waals surface area contributed by atoms with Crippen molar-refractivity contribution in [3.8, 4) is 22.9 Å². The van der Waals surface area contributed by atoms with Crippen molar-refractivity contribution in [2.45, 2.75) is 0 Å². The molecule has 0 aliphatic rings. The lowest BCUT2D eigenvalue weighted by molar-refractivity contribution is 0.102. The van der Waals surface area contributed by atoms with Crippen molar-refractivity contribution in [2.24, 2.45) is 7.05 Å². The summed E-state index contributed by atoms with van der Waals surface area (Å²) in [5.74, 6) is 1.76. The predicted molar refractivity (Wildman–Crippen MR) is 114 cm³/mol. The molecule has 0 fully saturated rings. The van der Waals surface area contributed by atoms with E-state index in [2.05, 4.69) is 9.88 Å². The highest BCUT2D eigenvalue weighted by Gasteiger charge is 2.12. The minimum absolute atomic E-state index is 0.238. The third-order valence-electron chi connectivity index (χ3n) is 4.80. The van der Waals surface area contributed by atoms with Gasteiger partial charge in [0, 0.05) is 29.9 Å². The average molecular weight is 387 g/mol. The molecule has 0 unspecified atom stereocenters. The highest BCUT2D eigenvalue weighted by Crippen LogP contribution is 2.26. The molecule has 1 heterocycles. The van der Waals surface area contributed by atoms with Crippen molar-refractivity contribution >= 4 is 22.6 Å². The standard InChI is InChI=1S/C23H21N3O3/c1-26-21-7-5-4-6-20(21)25-22(26)15-8-10-17(11-9-15)24-23(27)16-12-18(28-2)14-19(13-16)29-3/h4-14H,1-3H3,(H,24,27). The maximum atomic E-state index is 12.6. The minimum Gasteiger partial charge on any atom is -0.497 e. The summed E-state index contributed by atoms with van der Waals surface area (Å²) < 4.78 is 12.5. The molecular formula is C23H21N3O3. The number of anilines is 1. The smallest absolute Gasteiger partial charge is 0.255 e. The number of rotatable bonds is 5. The van der Waals surface area contributed by atoms with Crippen LogP contribution in [0.15, 0.2) is 66.7 Å². The molecule has 1 aromatic heterocycles. The zero-order valence-electron chi connectivity index (χ0n) is 16.5. The van der Waals surface area contributed by atoms with E-state index in [0.717, 1.165) is 22.4 Å². The van der Waals surface area contributed by atoms with E-state index in [0.29, 0.717) is 22.7 Å². The van der Waals surface area contributed by atoms with Crippen LogP contribution in [0.2, 0.25) is 0 Å². The topological polar surface area (TPSA) is 65.4 Å². The van der Waals surface area contributed by atoms with E-state index in [4.69, 9.17) is 14.5 Å². The second kappa shape index (κ2) is 7.67. The summed E-state index contributed by atoms with van der Waals surface area (Å²) in [4.78, 5) is 17.3. The number of nitrogens with zero attached hydrogens (tertiary/aromatic N) is 2. The summed E-state index contributed by atoms with van der Waals surface area (Å²) in [6, 6.07) is 20.7. The molecule has 0 spiro atoms. The average Bonchev–Trinajstić information content (AvgIpc) is 3.10. The summed E-state index contributed by atoms with van der Waals surface area (Å²) in [5.41, 5.74) is 4.16. The second-order valence-corrected chi connectivity index (χ2v) is 6.62. The first kappa shape index (κ1) is 18.6. The van der Waals surface area contributed by atoms with Crippen molar-refractivity contribution in [2.75, 3.05) is 19.5 Å². The van der Waals surface area contributed by atoms with Crippen LogP contribution in [0.3, 0.4) is 0 Å². The number of imidazole rings is 1. The van der Waals surface area contributed by atoms with Gasteiger partial charge in [0.25, 0.3) is 5.91 Å². The molecule has 29 heavy (non-hydrogen) atoms. The zero-order chi connectivity index (χ0) is 20.4. The number of ether oxygens (including phenoxy) is 2. The van der Waals surface area contributed by atoms with Gasteiger partial charge in [-0.15, -0.1) is 0 Å². The number of carbonyl (C=O) groups is 1. The van der Waals surface area contributed by atoms with Crippen molar-refractivity contribution in [1.82, 2.24) is 9.55 Å². The Hall–Kier alpha value is -3.80. The largest absolute Gasteiger partial charge is 0.497 e. The minimum atomic E-state index is -0.238. The van der Waals surface area contributed by atoms with Crippen LogP contribution < -0.4 is 14.8 Å². The Labute approximate surface area is 168 Å². The van der Waals surface area contributed by atoms with Gasteiger partial charge in [0.1, 0.15) is 17.3 Å². The summed E-state index contributed by atoms with van der Waals surface area (Å²) in [6.07, 6.45) is 0. The zero-order valence-corrected chi connectivity index (χ0v) is 16.5.